The lowest BCUT2D eigenvalue weighted by molar-refractivity contribution is -0.159. The first kappa shape index (κ1) is 21.6. The molecule has 1 aromatic rings. The summed E-state index contributed by atoms with van der Waals surface area (Å²) in [5, 5.41) is 9.71. The van der Waals surface area contributed by atoms with Gasteiger partial charge in [-0.2, -0.15) is 11.8 Å². The molecular formula is C22H33NO4S. The summed E-state index contributed by atoms with van der Waals surface area (Å²) >= 11 is 2.01. The van der Waals surface area contributed by atoms with Crippen LogP contribution >= 0.6 is 11.8 Å². The van der Waals surface area contributed by atoms with E-state index in [1.165, 1.54) is 37.6 Å². The molecule has 0 radical (unpaired) electrons. The first-order valence-corrected chi connectivity index (χ1v) is 11.6. The summed E-state index contributed by atoms with van der Waals surface area (Å²) in [6.07, 6.45) is 6.33. The minimum absolute atomic E-state index is 0.241. The molecule has 0 spiro atoms. The maximum Gasteiger partial charge on any atom is 0.245 e. The zero-order valence-corrected chi connectivity index (χ0v) is 17.6. The summed E-state index contributed by atoms with van der Waals surface area (Å²) in [4.78, 5) is 11.3. The van der Waals surface area contributed by atoms with Crippen LogP contribution in [0.1, 0.15) is 44.1 Å². The molecule has 1 N–H and O–H groups in total. The number of rotatable bonds is 12. The van der Waals surface area contributed by atoms with E-state index in [9.17, 15) is 4.79 Å². The van der Waals surface area contributed by atoms with Crippen LogP contribution in [0.3, 0.4) is 0 Å². The van der Waals surface area contributed by atoms with E-state index in [2.05, 4.69) is 30.3 Å². The molecule has 6 heteroatoms. The number of benzene rings is 1. The van der Waals surface area contributed by atoms with Crippen molar-refractivity contribution in [3.63, 3.8) is 0 Å². The molecule has 3 rings (SSSR count). The van der Waals surface area contributed by atoms with Gasteiger partial charge in [0.15, 0.2) is 0 Å². The van der Waals surface area contributed by atoms with E-state index in [1.807, 2.05) is 11.8 Å². The quantitative estimate of drug-likeness (QED) is 0.321. The lowest BCUT2D eigenvalue weighted by Crippen LogP contribution is -2.31. The number of unbranched alkanes of at least 4 members (excludes halogenated alkanes) is 1. The van der Waals surface area contributed by atoms with Gasteiger partial charge in [0, 0.05) is 31.7 Å². The van der Waals surface area contributed by atoms with Crippen molar-refractivity contribution in [3.8, 4) is 0 Å². The average Bonchev–Trinajstić information content (AvgIpc) is 3.30. The number of ether oxygens (including phenoxy) is 2. The number of thioether (sulfide) groups is 1. The van der Waals surface area contributed by atoms with Crippen LogP contribution < -0.4 is 0 Å². The Kier molecular flexibility index (Phi) is 8.65. The standard InChI is InChI=1S/C22H33NO4S/c1-23(25)22(24)9-5-6-13-26-15-19-18(20-10-11-21(19)27-20)12-14-28-16-17-7-3-2-4-8-17/h2-4,7-8,18-21,25H,5-6,9-16H2,1H3/t18-,19+,20-,21+/m1/s1. The Morgan fingerprint density at radius 1 is 1.21 bits per heavy atom. The Labute approximate surface area is 172 Å². The van der Waals surface area contributed by atoms with Gasteiger partial charge >= 0.3 is 0 Å². The lowest BCUT2D eigenvalue weighted by Gasteiger charge is -2.27. The molecule has 1 amide bonds. The zero-order chi connectivity index (χ0) is 19.8. The normalized spacial score (nSPS) is 25.9. The van der Waals surface area contributed by atoms with E-state index in [4.69, 9.17) is 14.7 Å². The predicted octanol–water partition coefficient (Wildman–Crippen LogP) is 4.14. The molecule has 0 saturated carbocycles. The molecule has 5 nitrogen and oxygen atoms in total. The summed E-state index contributed by atoms with van der Waals surface area (Å²) < 4.78 is 12.1. The molecule has 2 heterocycles. The monoisotopic (exact) mass is 407 g/mol. The van der Waals surface area contributed by atoms with E-state index < -0.39 is 0 Å². The molecule has 156 valence electrons. The van der Waals surface area contributed by atoms with Crippen LogP contribution in [0.25, 0.3) is 0 Å². The van der Waals surface area contributed by atoms with Crippen LogP contribution in [0.5, 0.6) is 0 Å². The van der Waals surface area contributed by atoms with E-state index in [0.29, 0.717) is 42.1 Å². The number of fused-ring (bicyclic) bond motifs is 2. The Morgan fingerprint density at radius 3 is 2.71 bits per heavy atom. The van der Waals surface area contributed by atoms with Crippen molar-refractivity contribution >= 4 is 17.7 Å². The zero-order valence-electron chi connectivity index (χ0n) is 16.8. The molecule has 28 heavy (non-hydrogen) atoms. The highest BCUT2D eigenvalue weighted by molar-refractivity contribution is 7.98. The molecule has 2 saturated heterocycles. The van der Waals surface area contributed by atoms with Gasteiger partial charge in [-0.25, -0.2) is 5.06 Å². The minimum atomic E-state index is -0.241. The van der Waals surface area contributed by atoms with Gasteiger partial charge in [-0.1, -0.05) is 30.3 Å². The maximum absolute atomic E-state index is 11.3. The molecule has 0 aliphatic carbocycles. The maximum atomic E-state index is 11.3. The van der Waals surface area contributed by atoms with Crippen LogP contribution in [0, 0.1) is 11.8 Å². The van der Waals surface area contributed by atoms with Crippen molar-refractivity contribution in [1.82, 2.24) is 5.06 Å². The second-order valence-corrected chi connectivity index (χ2v) is 9.00. The van der Waals surface area contributed by atoms with Crippen LogP contribution in [0.4, 0.5) is 0 Å². The van der Waals surface area contributed by atoms with E-state index in [1.54, 1.807) is 0 Å². The van der Waals surface area contributed by atoms with Crippen molar-refractivity contribution in [3.05, 3.63) is 35.9 Å². The average molecular weight is 408 g/mol. The van der Waals surface area contributed by atoms with Crippen molar-refractivity contribution in [1.29, 1.82) is 0 Å². The summed E-state index contributed by atoms with van der Waals surface area (Å²) in [5.74, 6) is 3.13. The molecule has 2 fully saturated rings. The number of nitrogens with zero attached hydrogens (tertiary/aromatic N) is 1. The topological polar surface area (TPSA) is 59.0 Å². The first-order chi connectivity index (χ1) is 13.6. The van der Waals surface area contributed by atoms with Gasteiger partial charge in [-0.15, -0.1) is 0 Å². The minimum Gasteiger partial charge on any atom is -0.381 e. The predicted molar refractivity (Wildman–Crippen MR) is 111 cm³/mol. The molecule has 1 aromatic carbocycles. The van der Waals surface area contributed by atoms with Gasteiger partial charge in [-0.3, -0.25) is 10.0 Å². The third-order valence-corrected chi connectivity index (χ3v) is 6.96. The lowest BCUT2D eigenvalue weighted by atomic mass is 9.78. The Hall–Kier alpha value is -1.08. The number of carbonyl (C=O) groups is 1. The van der Waals surface area contributed by atoms with Crippen molar-refractivity contribution in [2.75, 3.05) is 26.0 Å². The van der Waals surface area contributed by atoms with Crippen LogP contribution in [-0.2, 0) is 20.0 Å². The third-order valence-electron chi connectivity index (χ3n) is 5.90. The van der Waals surface area contributed by atoms with Crippen molar-refractivity contribution < 1.29 is 19.5 Å². The molecule has 4 atom stereocenters. The van der Waals surface area contributed by atoms with Gasteiger partial charge in [0.1, 0.15) is 0 Å². The number of hydroxylamine groups is 2. The summed E-state index contributed by atoms with van der Waals surface area (Å²) in [5.41, 5.74) is 1.39. The van der Waals surface area contributed by atoms with Gasteiger partial charge in [0.25, 0.3) is 0 Å². The molecule has 0 unspecified atom stereocenters. The van der Waals surface area contributed by atoms with Gasteiger partial charge in [0.2, 0.25) is 5.91 Å². The fraction of sp³-hybridized carbons (Fsp3) is 0.682. The third kappa shape index (κ3) is 6.21. The van der Waals surface area contributed by atoms with Crippen LogP contribution in [0.15, 0.2) is 30.3 Å². The Balaban J connectivity index is 1.32. The number of hydrogen-bond donors (Lipinski definition) is 1. The van der Waals surface area contributed by atoms with Gasteiger partial charge in [-0.05, 0) is 49.3 Å². The smallest absolute Gasteiger partial charge is 0.245 e. The van der Waals surface area contributed by atoms with Gasteiger partial charge < -0.3 is 9.47 Å². The largest absolute Gasteiger partial charge is 0.381 e. The Morgan fingerprint density at radius 2 is 1.96 bits per heavy atom. The fourth-order valence-electron chi connectivity index (χ4n) is 4.35. The Bertz CT molecular complexity index is 597. The SMILES string of the molecule is CN(O)C(=O)CCCCOC[C@H]1[C@@H](CCSCc2ccccc2)[C@H]2CC[C@@H]1O2. The molecular weight excluding hydrogens is 374 g/mol. The van der Waals surface area contributed by atoms with Crippen LogP contribution in [0.2, 0.25) is 0 Å². The fourth-order valence-corrected chi connectivity index (χ4v) is 5.36. The highest BCUT2D eigenvalue weighted by Crippen LogP contribution is 2.45. The molecule has 0 aromatic heterocycles. The first-order valence-electron chi connectivity index (χ1n) is 10.5. The van der Waals surface area contributed by atoms with Crippen molar-refractivity contribution in [2.45, 2.75) is 56.5 Å². The molecule has 2 aliphatic heterocycles. The van der Waals surface area contributed by atoms with E-state index >= 15 is 0 Å². The number of hydrogen-bond acceptors (Lipinski definition) is 5. The number of carbonyl (C=O) groups excluding carboxylic acids is 1. The van der Waals surface area contributed by atoms with Crippen LogP contribution in [-0.4, -0.2) is 54.4 Å². The summed E-state index contributed by atoms with van der Waals surface area (Å²) in [6, 6.07) is 10.7. The highest BCUT2D eigenvalue weighted by Gasteiger charge is 2.48. The summed E-state index contributed by atoms with van der Waals surface area (Å²) in [6.45, 7) is 1.44. The molecule has 2 bridgehead atoms. The van der Waals surface area contributed by atoms with Crippen molar-refractivity contribution in [2.24, 2.45) is 11.8 Å². The molecule has 2 aliphatic rings. The van der Waals surface area contributed by atoms with E-state index in [0.717, 1.165) is 25.2 Å². The highest BCUT2D eigenvalue weighted by atomic mass is 32.2. The van der Waals surface area contributed by atoms with Gasteiger partial charge in [0.05, 0.1) is 18.8 Å². The van der Waals surface area contributed by atoms with E-state index in [-0.39, 0.29) is 5.91 Å². The second kappa shape index (κ2) is 11.2. The number of amides is 1. The summed E-state index contributed by atoms with van der Waals surface area (Å²) in [7, 11) is 1.37. The second-order valence-electron chi connectivity index (χ2n) is 7.89.